The van der Waals surface area contributed by atoms with Crippen molar-refractivity contribution in [3.8, 4) is 5.75 Å². The average Bonchev–Trinajstić information content (AvgIpc) is 2.92. The lowest BCUT2D eigenvalue weighted by atomic mass is 10.1. The molecule has 0 radical (unpaired) electrons. The number of nitrogens with zero attached hydrogens (tertiary/aromatic N) is 1. The summed E-state index contributed by atoms with van der Waals surface area (Å²) in [6.45, 7) is 3.33. The molecule has 1 aromatic carbocycles. The van der Waals surface area contributed by atoms with Crippen LogP contribution >= 0.6 is 0 Å². The van der Waals surface area contributed by atoms with Crippen LogP contribution in [0.25, 0.3) is 0 Å². The average molecular weight is 388 g/mol. The van der Waals surface area contributed by atoms with Gasteiger partial charge in [-0.15, -0.1) is 0 Å². The summed E-state index contributed by atoms with van der Waals surface area (Å²) < 4.78 is 56.0. The summed E-state index contributed by atoms with van der Waals surface area (Å²) >= 11 is 0. The molecule has 2 heterocycles. The minimum absolute atomic E-state index is 0.0635. The minimum atomic E-state index is -3.73. The molecule has 2 aliphatic rings. The van der Waals surface area contributed by atoms with Crippen LogP contribution in [0.3, 0.4) is 0 Å². The van der Waals surface area contributed by atoms with Gasteiger partial charge >= 0.3 is 0 Å². The standard InChI is InChI=1S/C17H25NO5S2/c1-13-10-14(6-7-16(13)23-2)25(21,22)17-12-24(19,20)11-15(17)18-8-4-3-5-9-18/h6-7,10,15,17H,3-5,8-9,11-12H2,1-2H3/t15-,17-/m0/s1. The van der Waals surface area contributed by atoms with E-state index in [-0.39, 0.29) is 16.4 Å². The lowest BCUT2D eigenvalue weighted by Crippen LogP contribution is -2.48. The van der Waals surface area contributed by atoms with Crippen molar-refractivity contribution in [2.45, 2.75) is 42.4 Å². The van der Waals surface area contributed by atoms with Crippen molar-refractivity contribution >= 4 is 19.7 Å². The van der Waals surface area contributed by atoms with E-state index in [1.54, 1.807) is 19.1 Å². The van der Waals surface area contributed by atoms with Crippen molar-refractivity contribution in [2.75, 3.05) is 31.7 Å². The van der Waals surface area contributed by atoms with Gasteiger partial charge in [0.25, 0.3) is 0 Å². The number of benzene rings is 1. The molecule has 1 aromatic rings. The monoisotopic (exact) mass is 387 g/mol. The van der Waals surface area contributed by atoms with E-state index in [9.17, 15) is 16.8 Å². The lowest BCUT2D eigenvalue weighted by Gasteiger charge is -2.34. The van der Waals surface area contributed by atoms with E-state index in [2.05, 4.69) is 4.90 Å². The number of hydrogen-bond donors (Lipinski definition) is 0. The van der Waals surface area contributed by atoms with Crippen LogP contribution in [0.4, 0.5) is 0 Å². The molecule has 0 amide bonds. The van der Waals surface area contributed by atoms with Crippen molar-refractivity contribution in [3.63, 3.8) is 0 Å². The molecule has 0 bridgehead atoms. The molecule has 25 heavy (non-hydrogen) atoms. The fourth-order valence-corrected chi connectivity index (χ4v) is 8.80. The summed E-state index contributed by atoms with van der Waals surface area (Å²) in [4.78, 5) is 2.24. The third-order valence-corrected chi connectivity index (χ3v) is 9.34. The lowest BCUT2D eigenvalue weighted by molar-refractivity contribution is 0.178. The highest BCUT2D eigenvalue weighted by atomic mass is 32.2. The van der Waals surface area contributed by atoms with Gasteiger partial charge in [-0.2, -0.15) is 0 Å². The van der Waals surface area contributed by atoms with E-state index in [0.717, 1.165) is 37.9 Å². The van der Waals surface area contributed by atoms with E-state index in [1.165, 1.54) is 13.2 Å². The molecule has 6 nitrogen and oxygen atoms in total. The molecule has 0 aromatic heterocycles. The maximum Gasteiger partial charge on any atom is 0.183 e. The van der Waals surface area contributed by atoms with Gasteiger partial charge in [-0.1, -0.05) is 6.42 Å². The zero-order chi connectivity index (χ0) is 18.2. The van der Waals surface area contributed by atoms with Gasteiger partial charge in [0, 0.05) is 6.04 Å². The topological polar surface area (TPSA) is 80.8 Å². The Morgan fingerprint density at radius 3 is 2.40 bits per heavy atom. The van der Waals surface area contributed by atoms with Crippen LogP contribution in [0, 0.1) is 6.92 Å². The smallest absolute Gasteiger partial charge is 0.183 e. The maximum atomic E-state index is 13.2. The Labute approximate surface area is 150 Å². The number of sulfone groups is 2. The zero-order valence-electron chi connectivity index (χ0n) is 14.6. The molecule has 2 fully saturated rings. The first-order chi connectivity index (χ1) is 11.7. The zero-order valence-corrected chi connectivity index (χ0v) is 16.3. The second-order valence-corrected chi connectivity index (χ2v) is 11.3. The number of aryl methyl sites for hydroxylation is 1. The van der Waals surface area contributed by atoms with Crippen LogP contribution < -0.4 is 4.74 Å². The van der Waals surface area contributed by atoms with Crippen molar-refractivity contribution in [1.82, 2.24) is 4.90 Å². The molecule has 2 saturated heterocycles. The highest BCUT2D eigenvalue weighted by Gasteiger charge is 2.48. The third-order valence-electron chi connectivity index (χ3n) is 5.23. The van der Waals surface area contributed by atoms with Crippen LogP contribution in [-0.4, -0.2) is 64.7 Å². The van der Waals surface area contributed by atoms with Crippen LogP contribution in [0.5, 0.6) is 5.75 Å². The Balaban J connectivity index is 1.97. The van der Waals surface area contributed by atoms with Crippen molar-refractivity contribution < 1.29 is 21.6 Å². The highest BCUT2D eigenvalue weighted by Crippen LogP contribution is 2.32. The van der Waals surface area contributed by atoms with Gasteiger partial charge in [-0.05, 0) is 56.6 Å². The first-order valence-electron chi connectivity index (χ1n) is 8.57. The molecule has 0 spiro atoms. The molecule has 0 unspecified atom stereocenters. The van der Waals surface area contributed by atoms with E-state index < -0.39 is 31.0 Å². The van der Waals surface area contributed by atoms with Gasteiger partial charge in [0.05, 0.1) is 28.8 Å². The van der Waals surface area contributed by atoms with Crippen molar-refractivity contribution in [3.05, 3.63) is 23.8 Å². The molecule has 2 atom stereocenters. The second-order valence-electron chi connectivity index (χ2n) is 6.96. The van der Waals surface area contributed by atoms with Gasteiger partial charge in [0.15, 0.2) is 19.7 Å². The Morgan fingerprint density at radius 2 is 1.80 bits per heavy atom. The fraction of sp³-hybridized carbons (Fsp3) is 0.647. The maximum absolute atomic E-state index is 13.2. The Hall–Kier alpha value is -1.12. The SMILES string of the molecule is COc1ccc(S(=O)(=O)[C@H]2CS(=O)(=O)C[C@@H]2N2CCCCC2)cc1C. The molecule has 0 N–H and O–H groups in total. The number of likely N-dealkylation sites (tertiary alicyclic amines) is 1. The van der Waals surface area contributed by atoms with Crippen LogP contribution in [0.1, 0.15) is 24.8 Å². The number of rotatable bonds is 4. The largest absolute Gasteiger partial charge is 0.496 e. The first-order valence-corrected chi connectivity index (χ1v) is 11.9. The second kappa shape index (κ2) is 6.89. The highest BCUT2D eigenvalue weighted by molar-refractivity contribution is 7.96. The number of ether oxygens (including phenoxy) is 1. The van der Waals surface area contributed by atoms with Gasteiger partial charge in [-0.25, -0.2) is 16.8 Å². The molecule has 3 rings (SSSR count). The quantitative estimate of drug-likeness (QED) is 0.777. The van der Waals surface area contributed by atoms with Gasteiger partial charge < -0.3 is 4.74 Å². The molecule has 0 aliphatic carbocycles. The Morgan fingerprint density at radius 1 is 1.12 bits per heavy atom. The van der Waals surface area contributed by atoms with Crippen molar-refractivity contribution in [1.29, 1.82) is 0 Å². The van der Waals surface area contributed by atoms with Gasteiger partial charge in [-0.3, -0.25) is 4.90 Å². The van der Waals surface area contributed by atoms with Crippen molar-refractivity contribution in [2.24, 2.45) is 0 Å². The summed E-state index contributed by atoms with van der Waals surface area (Å²) in [6, 6.07) is 4.27. The Kier molecular flexibility index (Phi) is 5.14. The summed E-state index contributed by atoms with van der Waals surface area (Å²) in [6.07, 6.45) is 3.10. The normalized spacial score (nSPS) is 27.3. The molecular weight excluding hydrogens is 362 g/mol. The number of hydrogen-bond acceptors (Lipinski definition) is 6. The van der Waals surface area contributed by atoms with E-state index in [4.69, 9.17) is 4.74 Å². The van der Waals surface area contributed by atoms with E-state index in [1.807, 2.05) is 0 Å². The molecule has 2 aliphatic heterocycles. The molecule has 0 saturated carbocycles. The molecule has 140 valence electrons. The Bertz CT molecular complexity index is 842. The van der Waals surface area contributed by atoms with Crippen LogP contribution in [-0.2, 0) is 19.7 Å². The minimum Gasteiger partial charge on any atom is -0.496 e. The fourth-order valence-electron chi connectivity index (χ4n) is 3.89. The van der Waals surface area contributed by atoms with Crippen LogP contribution in [0.2, 0.25) is 0 Å². The summed E-state index contributed by atoms with van der Waals surface area (Å²) in [5.74, 6) is 0.263. The predicted octanol–water partition coefficient (Wildman–Crippen LogP) is 1.43. The first kappa shape index (κ1) is 18.7. The van der Waals surface area contributed by atoms with Crippen LogP contribution in [0.15, 0.2) is 23.1 Å². The van der Waals surface area contributed by atoms with Gasteiger partial charge in [0.1, 0.15) is 5.75 Å². The summed E-state index contributed by atoms with van der Waals surface area (Å²) in [5, 5.41) is -0.900. The number of piperidine rings is 1. The summed E-state index contributed by atoms with van der Waals surface area (Å²) in [5.41, 5.74) is 0.721. The number of methoxy groups -OCH3 is 1. The molecular formula is C17H25NO5S2. The van der Waals surface area contributed by atoms with E-state index in [0.29, 0.717) is 5.75 Å². The van der Waals surface area contributed by atoms with E-state index >= 15 is 0 Å². The summed E-state index contributed by atoms with van der Waals surface area (Å²) in [7, 11) is -5.55. The van der Waals surface area contributed by atoms with Gasteiger partial charge in [0.2, 0.25) is 0 Å². The predicted molar refractivity (Wildman–Crippen MR) is 96.6 cm³/mol. The third kappa shape index (κ3) is 3.71. The molecule has 8 heteroatoms.